The van der Waals surface area contributed by atoms with Crippen LogP contribution in [0.2, 0.25) is 0 Å². The summed E-state index contributed by atoms with van der Waals surface area (Å²) in [5.74, 6) is 1.49. The van der Waals surface area contributed by atoms with Crippen LogP contribution in [-0.2, 0) is 12.6 Å². The van der Waals surface area contributed by atoms with Gasteiger partial charge in [0, 0.05) is 30.5 Å². The summed E-state index contributed by atoms with van der Waals surface area (Å²) in [4.78, 5) is 24.4. The highest BCUT2D eigenvalue weighted by Gasteiger charge is 2.59. The molecular weight excluding hydrogens is 404 g/mol. The van der Waals surface area contributed by atoms with Crippen molar-refractivity contribution in [2.24, 2.45) is 7.05 Å². The van der Waals surface area contributed by atoms with Gasteiger partial charge in [-0.15, -0.1) is 5.10 Å². The topological polar surface area (TPSA) is 93.2 Å². The Labute approximate surface area is 185 Å². The molecule has 32 heavy (non-hydrogen) atoms. The maximum atomic E-state index is 13.4. The van der Waals surface area contributed by atoms with E-state index in [1.807, 2.05) is 55.4 Å². The van der Waals surface area contributed by atoms with Crippen LogP contribution in [0, 0.1) is 6.92 Å². The van der Waals surface area contributed by atoms with E-state index in [1.165, 1.54) is 0 Å². The minimum Gasteiger partial charge on any atom is -0.308 e. The minimum absolute atomic E-state index is 0.0967. The van der Waals surface area contributed by atoms with Gasteiger partial charge in [0.25, 0.3) is 0 Å². The molecule has 0 unspecified atom stereocenters. The summed E-state index contributed by atoms with van der Waals surface area (Å²) in [7, 11) is 1.89. The second-order valence-corrected chi connectivity index (χ2v) is 8.78. The van der Waals surface area contributed by atoms with Gasteiger partial charge >= 0.3 is 6.03 Å². The molecule has 2 bridgehead atoms. The van der Waals surface area contributed by atoms with Crippen LogP contribution in [0.1, 0.15) is 37.1 Å². The fraction of sp³-hybridized carbons (Fsp3) is 0.348. The number of carbonyl (C=O) groups is 1. The molecule has 2 amide bonds. The molecule has 162 valence electrons. The molecule has 2 saturated heterocycles. The van der Waals surface area contributed by atoms with Crippen molar-refractivity contribution >= 4 is 17.2 Å². The average Bonchev–Trinajstić information content (AvgIpc) is 3.43. The fourth-order valence-corrected chi connectivity index (χ4v) is 5.37. The van der Waals surface area contributed by atoms with Crippen molar-refractivity contribution in [2.75, 3.05) is 5.32 Å². The van der Waals surface area contributed by atoms with Crippen molar-refractivity contribution in [1.29, 1.82) is 0 Å². The summed E-state index contributed by atoms with van der Waals surface area (Å²) in [5.41, 5.74) is 3.24. The lowest BCUT2D eigenvalue weighted by molar-refractivity contribution is -0.0827. The van der Waals surface area contributed by atoms with E-state index in [0.717, 1.165) is 53.8 Å². The molecule has 1 aromatic carbocycles. The molecular formula is C23H24N8O. The zero-order valence-corrected chi connectivity index (χ0v) is 18.1. The molecule has 0 radical (unpaired) electrons. The van der Waals surface area contributed by atoms with E-state index in [1.54, 1.807) is 21.7 Å². The first-order valence-corrected chi connectivity index (χ1v) is 10.9. The molecule has 3 aromatic heterocycles. The summed E-state index contributed by atoms with van der Waals surface area (Å²) in [6, 6.07) is 9.91. The number of anilines is 1. The number of carbonyl (C=O) groups excluding carboxylic acids is 1. The first-order valence-electron chi connectivity index (χ1n) is 10.9. The average molecular weight is 429 g/mol. The van der Waals surface area contributed by atoms with E-state index in [-0.39, 0.29) is 17.6 Å². The molecule has 9 heteroatoms. The van der Waals surface area contributed by atoms with Crippen LogP contribution in [0.3, 0.4) is 0 Å². The smallest absolute Gasteiger partial charge is 0.308 e. The highest BCUT2D eigenvalue weighted by Crippen LogP contribution is 2.53. The van der Waals surface area contributed by atoms with Crippen LogP contribution in [0.15, 0.2) is 49.1 Å². The molecule has 0 spiro atoms. The summed E-state index contributed by atoms with van der Waals surface area (Å²) < 4.78 is 3.60. The number of aromatic nitrogens is 6. The molecule has 2 aliphatic heterocycles. The largest absolute Gasteiger partial charge is 0.322 e. The third kappa shape index (κ3) is 2.73. The van der Waals surface area contributed by atoms with Gasteiger partial charge in [-0.3, -0.25) is 4.68 Å². The molecule has 2 fully saturated rings. The third-order valence-corrected chi connectivity index (χ3v) is 6.88. The van der Waals surface area contributed by atoms with E-state index in [9.17, 15) is 4.79 Å². The highest BCUT2D eigenvalue weighted by molar-refractivity contribution is 5.92. The number of hydrogen-bond acceptors (Lipinski definition) is 5. The van der Waals surface area contributed by atoms with Gasteiger partial charge in [-0.05, 0) is 62.4 Å². The predicted octanol–water partition coefficient (Wildman–Crippen LogP) is 3.52. The SMILES string of the molecule is Cc1ccc(NC(=O)N2[C@@H]3CCC[C@@]2(c2ncnn2C)C3)cc1-c1ncc2cccn2n1. The van der Waals surface area contributed by atoms with Crippen molar-refractivity contribution < 1.29 is 4.79 Å². The van der Waals surface area contributed by atoms with Gasteiger partial charge in [0.1, 0.15) is 11.9 Å². The highest BCUT2D eigenvalue weighted by atomic mass is 16.2. The number of fused-ring (bicyclic) bond motifs is 3. The standard InChI is InChI=1S/C23H24N8O/c1-15-7-8-16(11-19(15)20-24-13-18-6-4-10-30(18)28-20)27-22(32)31-17-5-3-9-23(31,12-17)21-25-14-26-29(21)2/h4,6-8,10-11,13-14,17H,3,5,9,12H2,1-2H3,(H,27,32)/t17-,23+/m1/s1. The number of nitrogens with zero attached hydrogens (tertiary/aromatic N) is 7. The van der Waals surface area contributed by atoms with Gasteiger partial charge in [0.15, 0.2) is 11.6 Å². The van der Waals surface area contributed by atoms with Crippen LogP contribution >= 0.6 is 0 Å². The normalized spacial score (nSPS) is 22.1. The molecule has 0 saturated carbocycles. The first-order chi connectivity index (χ1) is 15.5. The Morgan fingerprint density at radius 3 is 2.97 bits per heavy atom. The van der Waals surface area contributed by atoms with Crippen molar-refractivity contribution in [2.45, 2.75) is 44.2 Å². The number of piperidine rings is 1. The monoisotopic (exact) mass is 428 g/mol. The Hall–Kier alpha value is -3.75. The molecule has 2 atom stereocenters. The van der Waals surface area contributed by atoms with Gasteiger partial charge in [-0.25, -0.2) is 19.3 Å². The Bertz CT molecular complexity index is 1340. The van der Waals surface area contributed by atoms with E-state index in [2.05, 4.69) is 25.5 Å². The minimum atomic E-state index is -0.367. The van der Waals surface area contributed by atoms with E-state index in [4.69, 9.17) is 0 Å². The number of rotatable bonds is 3. The molecule has 2 aliphatic rings. The maximum Gasteiger partial charge on any atom is 0.322 e. The fourth-order valence-electron chi connectivity index (χ4n) is 5.37. The van der Waals surface area contributed by atoms with Gasteiger partial charge < -0.3 is 10.2 Å². The third-order valence-electron chi connectivity index (χ3n) is 6.88. The van der Waals surface area contributed by atoms with E-state index < -0.39 is 0 Å². The van der Waals surface area contributed by atoms with Crippen molar-refractivity contribution in [3.8, 4) is 11.4 Å². The van der Waals surface area contributed by atoms with Gasteiger partial charge in [-0.2, -0.15) is 5.10 Å². The molecule has 5 heterocycles. The number of hydrogen-bond donors (Lipinski definition) is 1. The Kier molecular flexibility index (Phi) is 4.08. The van der Waals surface area contributed by atoms with Crippen molar-refractivity contribution in [3.63, 3.8) is 0 Å². The number of benzene rings is 1. The zero-order valence-electron chi connectivity index (χ0n) is 18.1. The second kappa shape index (κ2) is 6.88. The zero-order chi connectivity index (χ0) is 21.9. The number of amides is 2. The lowest BCUT2D eigenvalue weighted by atomic mass is 9.67. The summed E-state index contributed by atoms with van der Waals surface area (Å²) >= 11 is 0. The quantitative estimate of drug-likeness (QED) is 0.539. The van der Waals surface area contributed by atoms with E-state index >= 15 is 0 Å². The summed E-state index contributed by atoms with van der Waals surface area (Å²) in [5, 5.41) is 12.0. The summed E-state index contributed by atoms with van der Waals surface area (Å²) in [6.45, 7) is 2.02. The first kappa shape index (κ1) is 19.0. The molecule has 1 N–H and O–H groups in total. The van der Waals surface area contributed by atoms with Crippen LogP contribution in [0.4, 0.5) is 10.5 Å². The maximum absolute atomic E-state index is 13.4. The lowest BCUT2D eigenvalue weighted by Gasteiger charge is -2.60. The number of nitrogens with one attached hydrogen (secondary N) is 1. The number of aryl methyl sites for hydroxylation is 2. The lowest BCUT2D eigenvalue weighted by Crippen LogP contribution is -2.69. The van der Waals surface area contributed by atoms with Crippen LogP contribution in [0.5, 0.6) is 0 Å². The predicted molar refractivity (Wildman–Crippen MR) is 119 cm³/mol. The van der Waals surface area contributed by atoms with Crippen LogP contribution in [-0.4, -0.2) is 46.3 Å². The Morgan fingerprint density at radius 1 is 1.25 bits per heavy atom. The number of urea groups is 1. The molecule has 6 rings (SSSR count). The Balaban J connectivity index is 1.30. The van der Waals surface area contributed by atoms with Crippen molar-refractivity contribution in [3.05, 3.63) is 60.4 Å². The molecule has 9 nitrogen and oxygen atoms in total. The van der Waals surface area contributed by atoms with Gasteiger partial charge in [0.2, 0.25) is 0 Å². The van der Waals surface area contributed by atoms with Crippen LogP contribution < -0.4 is 5.32 Å². The van der Waals surface area contributed by atoms with Gasteiger partial charge in [0.05, 0.1) is 11.7 Å². The van der Waals surface area contributed by atoms with E-state index in [0.29, 0.717) is 5.82 Å². The summed E-state index contributed by atoms with van der Waals surface area (Å²) in [6.07, 6.45) is 9.24. The second-order valence-electron chi connectivity index (χ2n) is 8.78. The molecule has 4 aromatic rings. The van der Waals surface area contributed by atoms with Crippen LogP contribution in [0.25, 0.3) is 16.9 Å². The molecule has 0 aliphatic carbocycles. The van der Waals surface area contributed by atoms with Crippen molar-refractivity contribution in [1.82, 2.24) is 34.3 Å². The van der Waals surface area contributed by atoms with Gasteiger partial charge in [-0.1, -0.05) is 6.07 Å². The Morgan fingerprint density at radius 2 is 2.16 bits per heavy atom.